The molecule has 1 aromatic rings. The lowest BCUT2D eigenvalue weighted by Gasteiger charge is -2.12. The number of carboxylic acid groups (broad SMARTS) is 1. The quantitative estimate of drug-likeness (QED) is 0.740. The van der Waals surface area contributed by atoms with E-state index in [2.05, 4.69) is 5.32 Å². The van der Waals surface area contributed by atoms with E-state index in [9.17, 15) is 9.59 Å². The number of aliphatic carboxylic acids is 1. The number of halogens is 1. The highest BCUT2D eigenvalue weighted by Gasteiger charge is 2.29. The summed E-state index contributed by atoms with van der Waals surface area (Å²) < 4.78 is 5.48. The van der Waals surface area contributed by atoms with Gasteiger partial charge in [0.25, 0.3) is 5.91 Å². The van der Waals surface area contributed by atoms with Crippen LogP contribution in [0.1, 0.15) is 12.0 Å². The smallest absolute Gasteiger partial charge is 0.332 e. The molecule has 1 aliphatic rings. The molecule has 1 aliphatic heterocycles. The molecule has 6 nitrogen and oxygen atoms in total. The van der Waals surface area contributed by atoms with Crippen LogP contribution in [0, 0.1) is 0 Å². The van der Waals surface area contributed by atoms with Crippen molar-refractivity contribution in [3.63, 3.8) is 0 Å². The van der Waals surface area contributed by atoms with Crippen molar-refractivity contribution in [2.75, 3.05) is 6.54 Å². The lowest BCUT2D eigenvalue weighted by atomic mass is 10.1. The molecular weight excluding hydrogens is 286 g/mol. The molecule has 2 rings (SSSR count). The van der Waals surface area contributed by atoms with Gasteiger partial charge in [-0.2, -0.15) is 0 Å². The maximum absolute atomic E-state index is 11.9. The molecule has 0 fully saturated rings. The van der Waals surface area contributed by atoms with Crippen LogP contribution in [0.3, 0.4) is 0 Å². The number of rotatable bonds is 5. The lowest BCUT2D eigenvalue weighted by molar-refractivity contribution is -0.147. The van der Waals surface area contributed by atoms with Crippen molar-refractivity contribution in [3.8, 4) is 5.75 Å². The third-order valence-corrected chi connectivity index (χ3v) is 3.23. The minimum absolute atomic E-state index is 0.0490. The number of aliphatic hydroxyl groups excluding tert-OH is 1. The molecule has 1 amide bonds. The maximum atomic E-state index is 11.9. The summed E-state index contributed by atoms with van der Waals surface area (Å²) >= 11 is 5.86. The van der Waals surface area contributed by atoms with Gasteiger partial charge in [0.05, 0.1) is 0 Å². The summed E-state index contributed by atoms with van der Waals surface area (Å²) in [5.41, 5.74) is 0.864. The van der Waals surface area contributed by atoms with E-state index in [1.165, 1.54) is 0 Å². The minimum Gasteiger partial charge on any atom is -0.480 e. The number of carboxylic acids is 1. The van der Waals surface area contributed by atoms with Crippen molar-refractivity contribution in [2.45, 2.75) is 25.0 Å². The summed E-state index contributed by atoms with van der Waals surface area (Å²) in [7, 11) is 0. The Morgan fingerprint density at radius 1 is 1.50 bits per heavy atom. The Balaban J connectivity index is 1.82. The van der Waals surface area contributed by atoms with Crippen molar-refractivity contribution in [1.29, 1.82) is 0 Å². The standard InChI is InChI=1S/C13H14ClNO5/c14-8-1-2-10-7(5-8)6-11(20-10)12(17)15-4-3-9(16)13(18)19/h1-2,5,9,11,16H,3-4,6H2,(H,15,17)(H,18,19)/t9-,11?/m0/s1. The van der Waals surface area contributed by atoms with Gasteiger partial charge >= 0.3 is 5.97 Å². The Kier molecular flexibility index (Phi) is 4.46. The van der Waals surface area contributed by atoms with Crippen LogP contribution in [0.4, 0.5) is 0 Å². The van der Waals surface area contributed by atoms with Crippen LogP contribution in [-0.4, -0.2) is 40.8 Å². The molecule has 0 aromatic heterocycles. The fourth-order valence-electron chi connectivity index (χ4n) is 1.93. The van der Waals surface area contributed by atoms with Crippen molar-refractivity contribution in [3.05, 3.63) is 28.8 Å². The van der Waals surface area contributed by atoms with E-state index in [0.717, 1.165) is 5.56 Å². The molecule has 0 saturated carbocycles. The number of hydrogen-bond acceptors (Lipinski definition) is 4. The molecule has 108 valence electrons. The fourth-order valence-corrected chi connectivity index (χ4v) is 2.13. The first kappa shape index (κ1) is 14.6. The van der Waals surface area contributed by atoms with E-state index in [4.69, 9.17) is 26.6 Å². The Hall–Kier alpha value is -1.79. The second-order valence-corrected chi connectivity index (χ2v) is 4.93. The molecule has 0 aliphatic carbocycles. The SMILES string of the molecule is O=C(NCC[C@H](O)C(=O)O)C1Cc2cc(Cl)ccc2O1. The number of aliphatic hydroxyl groups is 1. The first-order valence-corrected chi connectivity index (χ1v) is 6.49. The largest absolute Gasteiger partial charge is 0.480 e. The Morgan fingerprint density at radius 3 is 2.95 bits per heavy atom. The van der Waals surface area contributed by atoms with Gasteiger partial charge in [0.15, 0.2) is 12.2 Å². The highest BCUT2D eigenvalue weighted by Crippen LogP contribution is 2.31. The van der Waals surface area contributed by atoms with Gasteiger partial charge in [-0.25, -0.2) is 4.79 Å². The second-order valence-electron chi connectivity index (χ2n) is 4.50. The van der Waals surface area contributed by atoms with Gasteiger partial charge in [-0.3, -0.25) is 4.79 Å². The van der Waals surface area contributed by atoms with E-state index in [1.807, 2.05) is 0 Å². The highest BCUT2D eigenvalue weighted by molar-refractivity contribution is 6.30. The van der Waals surface area contributed by atoms with E-state index < -0.39 is 18.2 Å². The van der Waals surface area contributed by atoms with Crippen LogP contribution in [0.5, 0.6) is 5.75 Å². The fraction of sp³-hybridized carbons (Fsp3) is 0.385. The zero-order valence-corrected chi connectivity index (χ0v) is 11.3. The maximum Gasteiger partial charge on any atom is 0.332 e. The molecule has 0 spiro atoms. The normalized spacial score (nSPS) is 18.0. The zero-order chi connectivity index (χ0) is 14.7. The third kappa shape index (κ3) is 3.40. The number of nitrogens with one attached hydrogen (secondary N) is 1. The van der Waals surface area contributed by atoms with Crippen LogP contribution in [-0.2, 0) is 16.0 Å². The summed E-state index contributed by atoms with van der Waals surface area (Å²) in [5, 5.41) is 20.7. The van der Waals surface area contributed by atoms with Crippen molar-refractivity contribution in [2.24, 2.45) is 0 Å². The van der Waals surface area contributed by atoms with Crippen LogP contribution in [0.15, 0.2) is 18.2 Å². The number of fused-ring (bicyclic) bond motifs is 1. The molecule has 3 N–H and O–H groups in total. The summed E-state index contributed by atoms with van der Waals surface area (Å²) in [6.45, 7) is 0.0727. The average Bonchev–Trinajstić information content (AvgIpc) is 2.81. The van der Waals surface area contributed by atoms with E-state index >= 15 is 0 Å². The van der Waals surface area contributed by atoms with Crippen LogP contribution in [0.25, 0.3) is 0 Å². The third-order valence-electron chi connectivity index (χ3n) is 2.99. The molecule has 0 radical (unpaired) electrons. The van der Waals surface area contributed by atoms with Crippen LogP contribution >= 0.6 is 11.6 Å². The molecule has 0 saturated heterocycles. The van der Waals surface area contributed by atoms with Gasteiger partial charge in [0.2, 0.25) is 0 Å². The molecular formula is C13H14ClNO5. The second kappa shape index (κ2) is 6.11. The van der Waals surface area contributed by atoms with Gasteiger partial charge < -0.3 is 20.3 Å². The van der Waals surface area contributed by atoms with Gasteiger partial charge in [0.1, 0.15) is 5.75 Å². The van der Waals surface area contributed by atoms with Crippen molar-refractivity contribution >= 4 is 23.5 Å². The molecule has 7 heteroatoms. The number of ether oxygens (including phenoxy) is 1. The van der Waals surface area contributed by atoms with Gasteiger partial charge in [0, 0.05) is 24.4 Å². The van der Waals surface area contributed by atoms with Crippen LogP contribution in [0.2, 0.25) is 5.02 Å². The van der Waals surface area contributed by atoms with Crippen molar-refractivity contribution in [1.82, 2.24) is 5.32 Å². The lowest BCUT2D eigenvalue weighted by Crippen LogP contribution is -2.39. The molecule has 2 atom stereocenters. The Labute approximate surface area is 120 Å². The van der Waals surface area contributed by atoms with Gasteiger partial charge in [-0.1, -0.05) is 11.6 Å². The summed E-state index contributed by atoms with van der Waals surface area (Å²) in [6.07, 6.45) is -1.75. The molecule has 1 heterocycles. The molecule has 20 heavy (non-hydrogen) atoms. The minimum atomic E-state index is -1.48. The Bertz CT molecular complexity index is 533. The number of amides is 1. The predicted molar refractivity (Wildman–Crippen MR) is 70.8 cm³/mol. The van der Waals surface area contributed by atoms with E-state index in [1.54, 1.807) is 18.2 Å². The predicted octanol–water partition coefficient (Wildman–Crippen LogP) is 0.595. The monoisotopic (exact) mass is 299 g/mol. The first-order valence-electron chi connectivity index (χ1n) is 6.11. The number of carbonyl (C=O) groups excluding carboxylic acids is 1. The van der Waals surface area contributed by atoms with E-state index in [0.29, 0.717) is 17.2 Å². The number of carbonyl (C=O) groups is 2. The van der Waals surface area contributed by atoms with Gasteiger partial charge in [-0.05, 0) is 23.8 Å². The van der Waals surface area contributed by atoms with Crippen molar-refractivity contribution < 1.29 is 24.5 Å². The summed E-state index contributed by atoms with van der Waals surface area (Å²) in [5.74, 6) is -1.02. The average molecular weight is 300 g/mol. The molecule has 1 aromatic carbocycles. The summed E-state index contributed by atoms with van der Waals surface area (Å²) in [4.78, 5) is 22.3. The number of hydrogen-bond donors (Lipinski definition) is 3. The van der Waals surface area contributed by atoms with Gasteiger partial charge in [-0.15, -0.1) is 0 Å². The molecule has 1 unspecified atom stereocenters. The molecule has 0 bridgehead atoms. The first-order chi connectivity index (χ1) is 9.47. The summed E-state index contributed by atoms with van der Waals surface area (Å²) in [6, 6.07) is 5.14. The zero-order valence-electron chi connectivity index (χ0n) is 10.5. The number of benzene rings is 1. The van der Waals surface area contributed by atoms with E-state index in [-0.39, 0.29) is 18.9 Å². The highest BCUT2D eigenvalue weighted by atomic mass is 35.5. The Morgan fingerprint density at radius 2 is 2.25 bits per heavy atom. The topological polar surface area (TPSA) is 95.9 Å². The van der Waals surface area contributed by atoms with Crippen LogP contribution < -0.4 is 10.1 Å².